The maximum absolute atomic E-state index is 11.6. The fourth-order valence-corrected chi connectivity index (χ4v) is 1.79. The van der Waals surface area contributed by atoms with Crippen LogP contribution < -0.4 is 9.47 Å². The number of carbonyl (C=O) groups excluding carboxylic acids is 1. The van der Waals surface area contributed by atoms with E-state index in [2.05, 4.69) is 0 Å². The number of para-hydroxylation sites is 1. The van der Waals surface area contributed by atoms with Crippen LogP contribution in [0.15, 0.2) is 48.5 Å². The molecule has 1 N–H and O–H groups in total. The molecule has 0 atom stereocenters. The molecule has 0 aliphatic rings. The minimum atomic E-state index is -0.525. The third-order valence-corrected chi connectivity index (χ3v) is 2.88. The standard InChI is InChI=1S/C16H16O4/c1-19-13-8-6-12(7-9-13)11-20-16-5-3-2-4-14(16)15(18)10-17/h2-9,17H,10-11H2,1H3. The number of rotatable bonds is 6. The lowest BCUT2D eigenvalue weighted by Gasteiger charge is -2.10. The Morgan fingerprint density at radius 3 is 2.45 bits per heavy atom. The smallest absolute Gasteiger partial charge is 0.191 e. The number of aliphatic hydroxyl groups excluding tert-OH is 1. The third kappa shape index (κ3) is 3.36. The van der Waals surface area contributed by atoms with Crippen LogP contribution in [0.4, 0.5) is 0 Å². The van der Waals surface area contributed by atoms with Gasteiger partial charge < -0.3 is 14.6 Å². The van der Waals surface area contributed by atoms with E-state index >= 15 is 0 Å². The van der Waals surface area contributed by atoms with Crippen molar-refractivity contribution in [3.63, 3.8) is 0 Å². The van der Waals surface area contributed by atoms with Crippen molar-refractivity contribution >= 4 is 5.78 Å². The number of hydrogen-bond donors (Lipinski definition) is 1. The van der Waals surface area contributed by atoms with E-state index in [4.69, 9.17) is 14.6 Å². The fraction of sp³-hybridized carbons (Fsp3) is 0.188. The highest BCUT2D eigenvalue weighted by molar-refractivity contribution is 5.99. The summed E-state index contributed by atoms with van der Waals surface area (Å²) in [5.41, 5.74) is 1.36. The fourth-order valence-electron chi connectivity index (χ4n) is 1.79. The van der Waals surface area contributed by atoms with Gasteiger partial charge >= 0.3 is 0 Å². The average Bonchev–Trinajstić information content (AvgIpc) is 2.53. The second-order valence-corrected chi connectivity index (χ2v) is 4.21. The predicted molar refractivity (Wildman–Crippen MR) is 75.2 cm³/mol. The molecule has 2 rings (SSSR count). The molecule has 4 heteroatoms. The number of hydrogen-bond acceptors (Lipinski definition) is 4. The number of benzene rings is 2. The first-order valence-corrected chi connectivity index (χ1v) is 6.23. The van der Waals surface area contributed by atoms with Crippen LogP contribution in [0.2, 0.25) is 0 Å². The van der Waals surface area contributed by atoms with Gasteiger partial charge in [0.2, 0.25) is 0 Å². The van der Waals surface area contributed by atoms with Gasteiger partial charge in [0.15, 0.2) is 5.78 Å². The number of ketones is 1. The largest absolute Gasteiger partial charge is 0.497 e. The molecule has 0 bridgehead atoms. The van der Waals surface area contributed by atoms with Gasteiger partial charge in [0.05, 0.1) is 12.7 Å². The van der Waals surface area contributed by atoms with E-state index in [1.165, 1.54) is 0 Å². The topological polar surface area (TPSA) is 55.8 Å². The Morgan fingerprint density at radius 1 is 1.10 bits per heavy atom. The van der Waals surface area contributed by atoms with Crippen molar-refractivity contribution in [2.45, 2.75) is 6.61 Å². The Hall–Kier alpha value is -2.33. The van der Waals surface area contributed by atoms with Crippen LogP contribution in [0.25, 0.3) is 0 Å². The third-order valence-electron chi connectivity index (χ3n) is 2.88. The molecule has 20 heavy (non-hydrogen) atoms. The molecule has 0 saturated carbocycles. The molecule has 0 radical (unpaired) electrons. The highest BCUT2D eigenvalue weighted by atomic mass is 16.5. The summed E-state index contributed by atoms with van der Waals surface area (Å²) in [5.74, 6) is 0.905. The summed E-state index contributed by atoms with van der Waals surface area (Å²) in [6, 6.07) is 14.4. The zero-order valence-electron chi connectivity index (χ0n) is 11.2. The van der Waals surface area contributed by atoms with Gasteiger partial charge in [0, 0.05) is 0 Å². The summed E-state index contributed by atoms with van der Waals surface area (Å²) in [4.78, 5) is 11.6. The molecule has 2 aromatic rings. The molecule has 0 aliphatic carbocycles. The SMILES string of the molecule is COc1ccc(COc2ccccc2C(=O)CO)cc1. The van der Waals surface area contributed by atoms with Gasteiger partial charge in [-0.2, -0.15) is 0 Å². The minimum Gasteiger partial charge on any atom is -0.497 e. The first-order valence-electron chi connectivity index (χ1n) is 6.23. The number of carbonyl (C=O) groups is 1. The predicted octanol–water partition coefficient (Wildman–Crippen LogP) is 2.45. The van der Waals surface area contributed by atoms with Crippen molar-refractivity contribution in [1.82, 2.24) is 0 Å². The monoisotopic (exact) mass is 272 g/mol. The van der Waals surface area contributed by atoms with Gasteiger partial charge in [-0.15, -0.1) is 0 Å². The van der Waals surface area contributed by atoms with Crippen molar-refractivity contribution in [2.75, 3.05) is 13.7 Å². The molecule has 0 unspecified atom stereocenters. The van der Waals surface area contributed by atoms with Crippen molar-refractivity contribution in [3.05, 3.63) is 59.7 Å². The van der Waals surface area contributed by atoms with E-state index in [0.717, 1.165) is 11.3 Å². The summed E-state index contributed by atoms with van der Waals surface area (Å²) in [7, 11) is 1.61. The van der Waals surface area contributed by atoms with Crippen molar-refractivity contribution in [3.8, 4) is 11.5 Å². The van der Waals surface area contributed by atoms with Crippen LogP contribution in [0.1, 0.15) is 15.9 Å². The van der Waals surface area contributed by atoms with Crippen LogP contribution >= 0.6 is 0 Å². The molecular formula is C16H16O4. The zero-order chi connectivity index (χ0) is 14.4. The summed E-state index contributed by atoms with van der Waals surface area (Å²) >= 11 is 0. The maximum atomic E-state index is 11.6. The Labute approximate surface area is 117 Å². The Kier molecular flexibility index (Phi) is 4.74. The molecular weight excluding hydrogens is 256 g/mol. The highest BCUT2D eigenvalue weighted by Crippen LogP contribution is 2.20. The molecule has 4 nitrogen and oxygen atoms in total. The van der Waals surface area contributed by atoms with Gasteiger partial charge in [-0.3, -0.25) is 4.79 Å². The highest BCUT2D eigenvalue weighted by Gasteiger charge is 2.10. The van der Waals surface area contributed by atoms with Crippen molar-refractivity contribution in [2.24, 2.45) is 0 Å². The number of Topliss-reactive ketones (excluding diaryl/α,β-unsaturated/α-hetero) is 1. The van der Waals surface area contributed by atoms with Crippen LogP contribution in [0.5, 0.6) is 11.5 Å². The van der Waals surface area contributed by atoms with E-state index in [1.807, 2.05) is 24.3 Å². The number of methoxy groups -OCH3 is 1. The molecule has 0 amide bonds. The van der Waals surface area contributed by atoms with E-state index in [9.17, 15) is 4.79 Å². The molecule has 0 spiro atoms. The van der Waals surface area contributed by atoms with Gasteiger partial charge in [0.25, 0.3) is 0 Å². The average molecular weight is 272 g/mol. The lowest BCUT2D eigenvalue weighted by atomic mass is 10.1. The summed E-state index contributed by atoms with van der Waals surface area (Å²) in [6.45, 7) is -0.178. The Bertz CT molecular complexity index is 575. The summed E-state index contributed by atoms with van der Waals surface area (Å²) in [5, 5.41) is 8.94. The quantitative estimate of drug-likeness (QED) is 0.821. The molecule has 104 valence electrons. The van der Waals surface area contributed by atoms with E-state index < -0.39 is 6.61 Å². The molecule has 0 fully saturated rings. The van der Waals surface area contributed by atoms with Crippen LogP contribution in [0.3, 0.4) is 0 Å². The molecule has 2 aromatic carbocycles. The second-order valence-electron chi connectivity index (χ2n) is 4.21. The molecule has 0 saturated heterocycles. The first-order chi connectivity index (χ1) is 9.74. The lowest BCUT2D eigenvalue weighted by Crippen LogP contribution is -2.07. The zero-order valence-corrected chi connectivity index (χ0v) is 11.2. The van der Waals surface area contributed by atoms with Gasteiger partial charge in [-0.1, -0.05) is 24.3 Å². The summed E-state index contributed by atoms with van der Waals surface area (Å²) in [6.07, 6.45) is 0. The first kappa shape index (κ1) is 14.1. The van der Waals surface area contributed by atoms with Gasteiger partial charge in [-0.05, 0) is 29.8 Å². The van der Waals surface area contributed by atoms with E-state index in [0.29, 0.717) is 17.9 Å². The van der Waals surface area contributed by atoms with Crippen LogP contribution in [-0.4, -0.2) is 24.6 Å². The summed E-state index contributed by atoms with van der Waals surface area (Å²) < 4.78 is 10.7. The molecule has 0 aromatic heterocycles. The van der Waals surface area contributed by atoms with Crippen molar-refractivity contribution in [1.29, 1.82) is 0 Å². The van der Waals surface area contributed by atoms with Gasteiger partial charge in [-0.25, -0.2) is 0 Å². The minimum absolute atomic E-state index is 0.347. The maximum Gasteiger partial charge on any atom is 0.191 e. The molecule has 0 heterocycles. The number of ether oxygens (including phenoxy) is 2. The van der Waals surface area contributed by atoms with E-state index in [1.54, 1.807) is 31.4 Å². The molecule has 0 aliphatic heterocycles. The Morgan fingerprint density at radius 2 is 1.80 bits per heavy atom. The van der Waals surface area contributed by atoms with Crippen molar-refractivity contribution < 1.29 is 19.4 Å². The number of aliphatic hydroxyl groups is 1. The van der Waals surface area contributed by atoms with Gasteiger partial charge in [0.1, 0.15) is 24.7 Å². The Balaban J connectivity index is 2.08. The second kappa shape index (κ2) is 6.73. The van der Waals surface area contributed by atoms with Crippen LogP contribution in [0, 0.1) is 0 Å². The normalized spacial score (nSPS) is 10.1. The van der Waals surface area contributed by atoms with E-state index in [-0.39, 0.29) is 5.78 Å². The lowest BCUT2D eigenvalue weighted by molar-refractivity contribution is 0.0899. The van der Waals surface area contributed by atoms with Crippen LogP contribution in [-0.2, 0) is 6.61 Å².